The van der Waals surface area contributed by atoms with Gasteiger partial charge in [-0.05, 0) is 68.9 Å². The SMILES string of the molecule is O=C(NC(CN1Cc2ccccc2S1(=O)=O)C1CCCCC1)N[C@H]1CCCCC/C=C\C2C[C@@]2(C(=O)O)NC(=O)[C@@H]2CCCN2C1=O. The normalized spacial score (nSPS) is 31.2. The van der Waals surface area contributed by atoms with Crippen molar-refractivity contribution in [2.75, 3.05) is 13.1 Å². The molecule has 3 heterocycles. The predicted octanol–water partition coefficient (Wildman–Crippen LogP) is 3.28. The van der Waals surface area contributed by atoms with Crippen molar-refractivity contribution in [2.45, 2.75) is 119 Å². The number of carboxylic acid groups (broad SMARTS) is 1. The van der Waals surface area contributed by atoms with E-state index in [2.05, 4.69) is 16.0 Å². The first kappa shape index (κ1) is 33.5. The molecule has 4 amide bonds. The minimum absolute atomic E-state index is 0.101. The molecule has 5 aliphatic rings. The van der Waals surface area contributed by atoms with Crippen molar-refractivity contribution >= 4 is 33.8 Å². The minimum Gasteiger partial charge on any atom is -0.479 e. The number of urea groups is 1. The molecule has 0 spiro atoms. The average Bonchev–Trinajstić information content (AvgIpc) is 3.40. The molecule has 0 radical (unpaired) electrons. The van der Waals surface area contributed by atoms with E-state index in [1.807, 2.05) is 24.3 Å². The fourth-order valence-electron chi connectivity index (χ4n) is 7.97. The van der Waals surface area contributed by atoms with Crippen molar-refractivity contribution in [2.24, 2.45) is 11.8 Å². The van der Waals surface area contributed by atoms with Gasteiger partial charge in [0.1, 0.15) is 17.6 Å². The summed E-state index contributed by atoms with van der Waals surface area (Å²) in [5.74, 6) is -2.08. The lowest BCUT2D eigenvalue weighted by molar-refractivity contribution is -0.145. The van der Waals surface area contributed by atoms with E-state index in [4.69, 9.17) is 0 Å². The summed E-state index contributed by atoms with van der Waals surface area (Å²) in [6.45, 7) is 0.740. The quantitative estimate of drug-likeness (QED) is 0.338. The highest BCUT2D eigenvalue weighted by molar-refractivity contribution is 7.89. The lowest BCUT2D eigenvalue weighted by Gasteiger charge is -2.34. The third kappa shape index (κ3) is 7.06. The third-order valence-electron chi connectivity index (χ3n) is 10.8. The number of benzene rings is 1. The van der Waals surface area contributed by atoms with E-state index < -0.39 is 51.6 Å². The number of hydrogen-bond donors (Lipinski definition) is 4. The topological polar surface area (TPSA) is 165 Å². The fraction of sp³-hybridized carbons (Fsp3) is 0.647. The van der Waals surface area contributed by atoms with E-state index in [1.54, 1.807) is 12.1 Å². The number of nitrogens with zero attached hydrogens (tertiary/aromatic N) is 2. The number of allylic oxidation sites excluding steroid dienone is 1. The largest absolute Gasteiger partial charge is 0.479 e. The lowest BCUT2D eigenvalue weighted by atomic mass is 9.84. The summed E-state index contributed by atoms with van der Waals surface area (Å²) in [6, 6.07) is 4.32. The maximum atomic E-state index is 14.0. The molecule has 0 bridgehead atoms. The molecule has 13 heteroatoms. The van der Waals surface area contributed by atoms with Gasteiger partial charge in [0.2, 0.25) is 21.8 Å². The van der Waals surface area contributed by atoms with E-state index in [0.29, 0.717) is 43.5 Å². The zero-order chi connectivity index (χ0) is 33.2. The Balaban J connectivity index is 1.17. The van der Waals surface area contributed by atoms with Gasteiger partial charge < -0.3 is 26.0 Å². The van der Waals surface area contributed by atoms with Crippen LogP contribution in [0.15, 0.2) is 41.3 Å². The number of amides is 4. The molecule has 1 aromatic rings. The van der Waals surface area contributed by atoms with Crippen LogP contribution in [0.5, 0.6) is 0 Å². The molecule has 256 valence electrons. The first-order valence-electron chi connectivity index (χ1n) is 17.3. The highest BCUT2D eigenvalue weighted by Crippen LogP contribution is 2.45. The summed E-state index contributed by atoms with van der Waals surface area (Å²) in [4.78, 5) is 55.1. The van der Waals surface area contributed by atoms with Gasteiger partial charge in [-0.25, -0.2) is 18.0 Å². The lowest BCUT2D eigenvalue weighted by Crippen LogP contribution is -2.58. The van der Waals surface area contributed by atoms with Crippen LogP contribution in [0.4, 0.5) is 4.79 Å². The van der Waals surface area contributed by atoms with Gasteiger partial charge in [0, 0.05) is 31.6 Å². The van der Waals surface area contributed by atoms with Crippen LogP contribution < -0.4 is 16.0 Å². The number of carboxylic acids is 1. The van der Waals surface area contributed by atoms with Gasteiger partial charge in [0.15, 0.2) is 0 Å². The molecule has 12 nitrogen and oxygen atoms in total. The van der Waals surface area contributed by atoms with Crippen LogP contribution in [-0.4, -0.2) is 83.3 Å². The number of carbonyl (C=O) groups excluding carboxylic acids is 3. The average molecular weight is 670 g/mol. The maximum absolute atomic E-state index is 14.0. The van der Waals surface area contributed by atoms with E-state index in [0.717, 1.165) is 56.9 Å². The van der Waals surface area contributed by atoms with Crippen molar-refractivity contribution < 1.29 is 32.7 Å². The summed E-state index contributed by atoms with van der Waals surface area (Å²) in [7, 11) is -3.69. The number of sulfonamides is 1. The van der Waals surface area contributed by atoms with Crippen molar-refractivity contribution in [1.82, 2.24) is 25.2 Å². The van der Waals surface area contributed by atoms with E-state index >= 15 is 0 Å². The monoisotopic (exact) mass is 669 g/mol. The second kappa shape index (κ2) is 14.0. The van der Waals surface area contributed by atoms with Crippen LogP contribution in [-0.2, 0) is 31.0 Å². The van der Waals surface area contributed by atoms with Crippen LogP contribution in [0.25, 0.3) is 0 Å². The molecule has 2 aliphatic carbocycles. The van der Waals surface area contributed by atoms with Gasteiger partial charge in [-0.15, -0.1) is 0 Å². The summed E-state index contributed by atoms with van der Waals surface area (Å²) in [6.07, 6.45) is 13.6. The van der Waals surface area contributed by atoms with Crippen LogP contribution in [0.3, 0.4) is 0 Å². The predicted molar refractivity (Wildman–Crippen MR) is 173 cm³/mol. The maximum Gasteiger partial charge on any atom is 0.330 e. The third-order valence-corrected chi connectivity index (χ3v) is 12.7. The van der Waals surface area contributed by atoms with Crippen molar-refractivity contribution in [1.29, 1.82) is 0 Å². The van der Waals surface area contributed by atoms with E-state index in [1.165, 1.54) is 9.21 Å². The number of carbonyl (C=O) groups is 4. The van der Waals surface area contributed by atoms with Crippen LogP contribution >= 0.6 is 0 Å². The molecule has 3 fully saturated rings. The smallest absolute Gasteiger partial charge is 0.330 e. The Labute approximate surface area is 276 Å². The first-order valence-corrected chi connectivity index (χ1v) is 18.7. The van der Waals surface area contributed by atoms with Crippen molar-refractivity contribution in [3.8, 4) is 0 Å². The molecule has 47 heavy (non-hydrogen) atoms. The van der Waals surface area contributed by atoms with Gasteiger partial charge >= 0.3 is 12.0 Å². The Morgan fingerprint density at radius 3 is 2.51 bits per heavy atom. The van der Waals surface area contributed by atoms with Crippen molar-refractivity contribution in [3.63, 3.8) is 0 Å². The molecule has 5 atom stereocenters. The molecule has 0 aromatic heterocycles. The highest BCUT2D eigenvalue weighted by Gasteiger charge is 2.61. The second-order valence-electron chi connectivity index (χ2n) is 13.9. The molecule has 2 saturated carbocycles. The molecule has 3 aliphatic heterocycles. The van der Waals surface area contributed by atoms with Crippen molar-refractivity contribution in [3.05, 3.63) is 42.0 Å². The summed E-state index contributed by atoms with van der Waals surface area (Å²) >= 11 is 0. The summed E-state index contributed by atoms with van der Waals surface area (Å²) in [5, 5.41) is 18.7. The Morgan fingerprint density at radius 1 is 1.00 bits per heavy atom. The van der Waals surface area contributed by atoms with Gasteiger partial charge in [0.25, 0.3) is 0 Å². The Bertz CT molecular complexity index is 1510. The van der Waals surface area contributed by atoms with Gasteiger partial charge in [-0.1, -0.05) is 62.5 Å². The Morgan fingerprint density at radius 2 is 1.74 bits per heavy atom. The molecule has 2 unspecified atom stereocenters. The standard InChI is InChI=1S/C34H47N5O7S/c40-30-28-17-11-19-39(28)31(41)26(16-8-3-1-2-7-15-25-20-34(25,37-30)32(42)43)35-33(44)36-27(23-12-5-4-6-13-23)22-38-21-24-14-9-10-18-29(24)47(38,45)46/h7,9-10,14-15,18,23,25-28H,1-6,8,11-13,16-17,19-22H2,(H,37,40)(H,42,43)(H2,35,36,44)/b15-7-/t25?,26-,27?,28-,34+/m0/s1. The van der Waals surface area contributed by atoms with E-state index in [-0.39, 0.29) is 30.8 Å². The summed E-state index contributed by atoms with van der Waals surface area (Å²) < 4.78 is 28.2. The van der Waals surface area contributed by atoms with Crippen LogP contribution in [0.2, 0.25) is 0 Å². The molecule has 6 rings (SSSR count). The van der Waals surface area contributed by atoms with E-state index in [9.17, 15) is 32.7 Å². The number of aliphatic carboxylic acids is 1. The van der Waals surface area contributed by atoms with Crippen LogP contribution in [0, 0.1) is 11.8 Å². The molecular formula is C34H47N5O7S. The Kier molecular flexibility index (Phi) is 9.93. The van der Waals surface area contributed by atoms with Gasteiger partial charge in [0.05, 0.1) is 4.90 Å². The van der Waals surface area contributed by atoms with Gasteiger partial charge in [-0.2, -0.15) is 4.31 Å². The Hall–Kier alpha value is -3.45. The van der Waals surface area contributed by atoms with Crippen LogP contribution in [0.1, 0.15) is 89.0 Å². The first-order chi connectivity index (χ1) is 22.6. The molecule has 1 saturated heterocycles. The minimum atomic E-state index is -3.69. The van der Waals surface area contributed by atoms with Gasteiger partial charge in [-0.3, -0.25) is 9.59 Å². The summed E-state index contributed by atoms with van der Waals surface area (Å²) in [5.41, 5.74) is -0.604. The number of hydrogen-bond acceptors (Lipinski definition) is 6. The zero-order valence-corrected chi connectivity index (χ0v) is 27.7. The number of rotatable bonds is 6. The molecular weight excluding hydrogens is 622 g/mol. The highest BCUT2D eigenvalue weighted by atomic mass is 32.2. The molecule has 4 N–H and O–H groups in total. The second-order valence-corrected chi connectivity index (χ2v) is 15.8. The molecule has 1 aromatic carbocycles. The number of fused-ring (bicyclic) bond motifs is 3. The number of nitrogens with one attached hydrogen (secondary N) is 3. The fourth-order valence-corrected chi connectivity index (χ4v) is 9.63. The zero-order valence-electron chi connectivity index (χ0n) is 26.9.